The van der Waals surface area contributed by atoms with Gasteiger partial charge in [0, 0.05) is 44.7 Å². The van der Waals surface area contributed by atoms with Crippen molar-refractivity contribution in [2.75, 3.05) is 9.71 Å². The van der Waals surface area contributed by atoms with E-state index < -0.39 is 0 Å². The van der Waals surface area contributed by atoms with Crippen LogP contribution in [-0.2, 0) is 16.2 Å². The average molecular weight is 743 g/mol. The summed E-state index contributed by atoms with van der Waals surface area (Å²) in [7, 11) is 0. The van der Waals surface area contributed by atoms with Gasteiger partial charge in [-0.05, 0) is 137 Å². The predicted octanol–water partition coefficient (Wildman–Crippen LogP) is 12.9. The number of hydrogen-bond donors (Lipinski definition) is 0. The fourth-order valence-corrected chi connectivity index (χ4v) is 12.7. The number of rotatable bonds is 2. The van der Waals surface area contributed by atoms with Crippen molar-refractivity contribution in [3.63, 3.8) is 0 Å². The first-order chi connectivity index (χ1) is 27.1. The minimum atomic E-state index is -0.109. The molecule has 2 unspecified atom stereocenters. The second-order valence-corrected chi connectivity index (χ2v) is 20.3. The van der Waals surface area contributed by atoms with Crippen LogP contribution in [0.2, 0.25) is 0 Å². The van der Waals surface area contributed by atoms with Gasteiger partial charge in [-0.3, -0.25) is 0 Å². The van der Waals surface area contributed by atoms with Crippen molar-refractivity contribution in [3.05, 3.63) is 142 Å². The molecule has 0 saturated heterocycles. The van der Waals surface area contributed by atoms with Crippen molar-refractivity contribution in [1.29, 1.82) is 0 Å². The zero-order chi connectivity index (χ0) is 39.6. The monoisotopic (exact) mass is 742 g/mol. The molecule has 0 amide bonds. The molecule has 0 aromatic heterocycles. The third-order valence-corrected chi connectivity index (χ3v) is 15.6. The molecule has 0 spiro atoms. The van der Waals surface area contributed by atoms with Crippen LogP contribution < -0.4 is 20.6 Å². The molecule has 0 bridgehead atoms. The molecule has 284 valence electrons. The molecule has 6 aromatic rings. The Morgan fingerprint density at radius 2 is 1.32 bits per heavy atom. The number of aryl methyl sites for hydroxylation is 3. The lowest BCUT2D eigenvalue weighted by atomic mass is 9.42. The van der Waals surface area contributed by atoms with Crippen LogP contribution in [0.5, 0.6) is 0 Å². The molecule has 1 fully saturated rings. The summed E-state index contributed by atoms with van der Waals surface area (Å²) in [5.41, 5.74) is 26.4. The average Bonchev–Trinajstić information content (AvgIpc) is 3.54. The van der Waals surface area contributed by atoms with Gasteiger partial charge < -0.3 is 9.71 Å². The molecule has 3 heterocycles. The molecule has 5 aliphatic rings. The molecular formula is C54H55BN2. The van der Waals surface area contributed by atoms with Crippen LogP contribution in [0.1, 0.15) is 113 Å². The summed E-state index contributed by atoms with van der Waals surface area (Å²) in [6, 6.07) is 40.8. The Bertz CT molecular complexity index is 2710. The van der Waals surface area contributed by atoms with Crippen LogP contribution in [0.25, 0.3) is 33.4 Å². The second-order valence-electron chi connectivity index (χ2n) is 20.3. The molecule has 11 rings (SSSR count). The fraction of sp³-hybridized carbons (Fsp3) is 0.333. The lowest BCUT2D eigenvalue weighted by Crippen LogP contribution is -2.64. The summed E-state index contributed by atoms with van der Waals surface area (Å²) >= 11 is 0. The summed E-state index contributed by atoms with van der Waals surface area (Å²) in [4.78, 5) is 5.69. The van der Waals surface area contributed by atoms with Gasteiger partial charge in [0.25, 0.3) is 0 Å². The Labute approximate surface area is 341 Å². The van der Waals surface area contributed by atoms with E-state index in [1.807, 2.05) is 0 Å². The highest BCUT2D eigenvalue weighted by Gasteiger charge is 2.62. The number of nitrogens with zero attached hydrogens (tertiary/aromatic N) is 2. The predicted molar refractivity (Wildman–Crippen MR) is 244 cm³/mol. The third-order valence-electron chi connectivity index (χ3n) is 15.6. The van der Waals surface area contributed by atoms with Gasteiger partial charge in [-0.1, -0.05) is 139 Å². The number of anilines is 4. The van der Waals surface area contributed by atoms with Crippen LogP contribution in [0.15, 0.2) is 103 Å². The third kappa shape index (κ3) is 4.39. The van der Waals surface area contributed by atoms with Gasteiger partial charge in [0.2, 0.25) is 0 Å². The molecule has 3 heteroatoms. The van der Waals surface area contributed by atoms with Crippen LogP contribution in [0.3, 0.4) is 0 Å². The largest absolute Gasteiger partial charge is 0.376 e. The van der Waals surface area contributed by atoms with Crippen molar-refractivity contribution >= 4 is 40.5 Å². The summed E-state index contributed by atoms with van der Waals surface area (Å²) in [6.45, 7) is 24.2. The van der Waals surface area contributed by atoms with Crippen LogP contribution in [-0.4, -0.2) is 12.4 Å². The van der Waals surface area contributed by atoms with Crippen molar-refractivity contribution in [3.8, 4) is 33.4 Å². The number of hydrogen-bond acceptors (Lipinski definition) is 2. The molecule has 0 radical (unpaired) electrons. The quantitative estimate of drug-likeness (QED) is 0.163. The van der Waals surface area contributed by atoms with E-state index in [9.17, 15) is 0 Å². The SMILES string of the molecule is Cc1cc(C)c(-c2cc3c4c(c2)N2c5c(cc(C(C)(C)C)cc5C5(C)CCCCC25C)B4N(c2ccccc2)c2c-3ccc3c2-c2ccccc2C3(C)C)c(C)c1. The Morgan fingerprint density at radius 3 is 2.05 bits per heavy atom. The molecule has 57 heavy (non-hydrogen) atoms. The van der Waals surface area contributed by atoms with Gasteiger partial charge >= 0.3 is 6.85 Å². The summed E-state index contributed by atoms with van der Waals surface area (Å²) in [5, 5.41) is 0. The van der Waals surface area contributed by atoms with Gasteiger partial charge in [0.1, 0.15) is 0 Å². The second kappa shape index (κ2) is 11.3. The van der Waals surface area contributed by atoms with Gasteiger partial charge in [0.15, 0.2) is 0 Å². The van der Waals surface area contributed by atoms with E-state index in [1.165, 1.54) is 126 Å². The van der Waals surface area contributed by atoms with E-state index in [1.54, 1.807) is 5.56 Å². The Kier molecular flexibility index (Phi) is 7.00. The molecule has 2 atom stereocenters. The lowest BCUT2D eigenvalue weighted by Gasteiger charge is -2.53. The maximum Gasteiger partial charge on any atom is 0.333 e. The molecule has 0 N–H and O–H groups in total. The zero-order valence-corrected chi connectivity index (χ0v) is 35.6. The Morgan fingerprint density at radius 1 is 0.614 bits per heavy atom. The summed E-state index contributed by atoms with van der Waals surface area (Å²) < 4.78 is 0. The fourth-order valence-electron chi connectivity index (χ4n) is 12.7. The van der Waals surface area contributed by atoms with Crippen LogP contribution in [0, 0.1) is 20.8 Å². The van der Waals surface area contributed by atoms with Gasteiger partial charge in [-0.25, -0.2) is 0 Å². The van der Waals surface area contributed by atoms with E-state index in [0.29, 0.717) is 0 Å². The van der Waals surface area contributed by atoms with E-state index in [4.69, 9.17) is 0 Å². The van der Waals surface area contributed by atoms with Crippen LogP contribution in [0.4, 0.5) is 22.7 Å². The Balaban J connectivity index is 1.35. The van der Waals surface area contributed by atoms with Gasteiger partial charge in [0.05, 0.1) is 5.54 Å². The van der Waals surface area contributed by atoms with Crippen molar-refractivity contribution in [2.24, 2.45) is 0 Å². The molecule has 2 aliphatic carbocycles. The standard InChI is InChI=1S/C54H55BN2/c1-32-26-33(2)46(34(3)27-32)35-28-40-38-22-23-42-47(39-20-14-15-21-41(39)52(42,7)8)49(38)57(37-18-12-11-13-19-37)55-44-31-36(51(4,5)6)30-43-50(44)56(45(29-35)48(40)55)54(10)25-17-16-24-53(43,54)9/h11-15,18-23,26-31H,16-17,24-25H2,1-10H3. The minimum absolute atomic E-state index is 0.00110. The number of benzene rings is 6. The summed E-state index contributed by atoms with van der Waals surface area (Å²) in [6.07, 6.45) is 4.94. The smallest absolute Gasteiger partial charge is 0.333 e. The normalized spacial score (nSPS) is 21.8. The highest BCUT2D eigenvalue weighted by Crippen LogP contribution is 2.64. The number of fused-ring (bicyclic) bond motifs is 11. The highest BCUT2D eigenvalue weighted by atomic mass is 15.3. The first-order valence-electron chi connectivity index (χ1n) is 21.5. The molecule has 1 saturated carbocycles. The van der Waals surface area contributed by atoms with E-state index in [2.05, 4.69) is 182 Å². The molecular weight excluding hydrogens is 687 g/mol. The van der Waals surface area contributed by atoms with E-state index in [-0.39, 0.29) is 28.6 Å². The first kappa shape index (κ1) is 35.2. The molecule has 6 aromatic carbocycles. The van der Waals surface area contributed by atoms with Crippen molar-refractivity contribution < 1.29 is 0 Å². The topological polar surface area (TPSA) is 6.48 Å². The first-order valence-corrected chi connectivity index (χ1v) is 21.5. The van der Waals surface area contributed by atoms with E-state index in [0.717, 1.165) is 0 Å². The Hall–Kier alpha value is -5.02. The van der Waals surface area contributed by atoms with Crippen molar-refractivity contribution in [1.82, 2.24) is 0 Å². The maximum absolute atomic E-state index is 2.90. The number of para-hydroxylation sites is 1. The molecule has 2 nitrogen and oxygen atoms in total. The minimum Gasteiger partial charge on any atom is -0.376 e. The van der Waals surface area contributed by atoms with Gasteiger partial charge in [-0.15, -0.1) is 0 Å². The van der Waals surface area contributed by atoms with E-state index >= 15 is 0 Å². The van der Waals surface area contributed by atoms with Gasteiger partial charge in [-0.2, -0.15) is 0 Å². The molecule has 3 aliphatic heterocycles. The highest BCUT2D eigenvalue weighted by molar-refractivity contribution is 6.93. The summed E-state index contributed by atoms with van der Waals surface area (Å²) in [5.74, 6) is 0. The lowest BCUT2D eigenvalue weighted by molar-refractivity contribution is 0.195. The van der Waals surface area contributed by atoms with Crippen molar-refractivity contribution in [2.45, 2.75) is 117 Å². The zero-order valence-electron chi connectivity index (χ0n) is 35.6. The maximum atomic E-state index is 2.90. The van der Waals surface area contributed by atoms with Crippen LogP contribution >= 0.6 is 0 Å².